The van der Waals surface area contributed by atoms with Gasteiger partial charge in [-0.3, -0.25) is 14.4 Å². The number of ether oxygens (including phenoxy) is 1. The van der Waals surface area contributed by atoms with Crippen LogP contribution in [0.3, 0.4) is 0 Å². The van der Waals surface area contributed by atoms with E-state index in [4.69, 9.17) is 10.5 Å². The average molecular weight is 703 g/mol. The summed E-state index contributed by atoms with van der Waals surface area (Å²) in [5, 5.41) is 14.1. The van der Waals surface area contributed by atoms with Crippen molar-refractivity contribution in [1.29, 1.82) is 0 Å². The predicted molar refractivity (Wildman–Crippen MR) is 199 cm³/mol. The van der Waals surface area contributed by atoms with Gasteiger partial charge < -0.3 is 37.1 Å². The molecule has 12 heteroatoms. The number of carbonyl (C=O) groups is 5. The topological polar surface area (TPSA) is 181 Å². The molecular formula is C38H66N6O6. The van der Waals surface area contributed by atoms with E-state index in [0.717, 1.165) is 50.5 Å². The summed E-state index contributed by atoms with van der Waals surface area (Å²) in [7, 11) is 0. The minimum absolute atomic E-state index is 0.0354. The molecule has 1 aromatic rings. The summed E-state index contributed by atoms with van der Waals surface area (Å²) in [4.78, 5) is 64.1. The summed E-state index contributed by atoms with van der Waals surface area (Å²) >= 11 is 0. The molecule has 0 radical (unpaired) electrons. The van der Waals surface area contributed by atoms with Crippen LogP contribution >= 0.6 is 0 Å². The Morgan fingerprint density at radius 3 is 1.94 bits per heavy atom. The van der Waals surface area contributed by atoms with E-state index in [9.17, 15) is 24.0 Å². The summed E-state index contributed by atoms with van der Waals surface area (Å²) in [6.07, 6.45) is 8.56. The standard InChI is InChI=1S/C38H66N6O6/c1-9-13-23-37(7,20-10-2)26-41-36(49)50-25-28-16-18-29(19-17-28)42-32(45)30(15-14-24-40-35(39)48)43-33(46)31(27(5)6)44-34(47)38(8,21-11-3)22-12-4/h16-19,27,30-31H,9-15,20-26H2,1-8H3,(H,41,49)(H,42,45)(H,43,46)(H,44,47)(H3,39,40,48). The second-order valence-corrected chi connectivity index (χ2v) is 14.5. The van der Waals surface area contributed by atoms with Gasteiger partial charge in [-0.1, -0.05) is 99.6 Å². The van der Waals surface area contributed by atoms with Crippen molar-refractivity contribution in [2.45, 2.75) is 145 Å². The molecule has 3 atom stereocenters. The summed E-state index contributed by atoms with van der Waals surface area (Å²) in [6.45, 7) is 17.1. The third kappa shape index (κ3) is 16.3. The SMILES string of the molecule is CCCCC(C)(CCC)CNC(=O)OCc1ccc(NC(=O)C(CCCNC(N)=O)NC(=O)C(NC(=O)C(C)(CCC)CCC)C(C)C)cc1. The van der Waals surface area contributed by atoms with E-state index >= 15 is 0 Å². The molecule has 0 heterocycles. The maximum atomic E-state index is 13.6. The van der Waals surface area contributed by atoms with Crippen LogP contribution in [0.2, 0.25) is 0 Å². The normalized spacial score (nSPS) is 13.8. The van der Waals surface area contributed by atoms with Crippen molar-refractivity contribution in [3.63, 3.8) is 0 Å². The molecule has 12 nitrogen and oxygen atoms in total. The number of urea groups is 1. The van der Waals surface area contributed by atoms with Crippen LogP contribution in [0.15, 0.2) is 24.3 Å². The van der Waals surface area contributed by atoms with Gasteiger partial charge in [0, 0.05) is 24.2 Å². The Morgan fingerprint density at radius 1 is 0.780 bits per heavy atom. The lowest BCUT2D eigenvalue weighted by molar-refractivity contribution is -0.137. The molecule has 0 aliphatic heterocycles. The van der Waals surface area contributed by atoms with Crippen LogP contribution in [-0.2, 0) is 25.7 Å². The lowest BCUT2D eigenvalue weighted by Crippen LogP contribution is -2.56. The number of primary amides is 1. The molecule has 50 heavy (non-hydrogen) atoms. The van der Waals surface area contributed by atoms with Crippen LogP contribution < -0.4 is 32.3 Å². The third-order valence-corrected chi connectivity index (χ3v) is 9.23. The molecule has 0 aliphatic rings. The molecule has 1 aromatic carbocycles. The fourth-order valence-electron chi connectivity index (χ4n) is 6.26. The lowest BCUT2D eigenvalue weighted by Gasteiger charge is -2.32. The Balaban J connectivity index is 2.94. The number of nitrogens with one attached hydrogen (secondary N) is 5. The Hall–Kier alpha value is -3.83. The van der Waals surface area contributed by atoms with Crippen LogP contribution in [0.5, 0.6) is 0 Å². The van der Waals surface area contributed by atoms with Crippen molar-refractivity contribution in [3.05, 3.63) is 29.8 Å². The van der Waals surface area contributed by atoms with Gasteiger partial charge in [0.25, 0.3) is 0 Å². The average Bonchev–Trinajstić information content (AvgIpc) is 3.06. The van der Waals surface area contributed by atoms with Gasteiger partial charge in [0.2, 0.25) is 17.7 Å². The summed E-state index contributed by atoms with van der Waals surface area (Å²) in [6, 6.07) is 4.43. The smallest absolute Gasteiger partial charge is 0.407 e. The van der Waals surface area contributed by atoms with Crippen LogP contribution in [0.4, 0.5) is 15.3 Å². The maximum Gasteiger partial charge on any atom is 0.407 e. The van der Waals surface area contributed by atoms with E-state index in [1.807, 2.05) is 34.6 Å². The van der Waals surface area contributed by atoms with Crippen molar-refractivity contribution in [2.24, 2.45) is 22.5 Å². The second kappa shape index (κ2) is 22.8. The highest BCUT2D eigenvalue weighted by Crippen LogP contribution is 2.30. The van der Waals surface area contributed by atoms with Gasteiger partial charge in [-0.2, -0.15) is 0 Å². The molecule has 0 saturated heterocycles. The molecule has 284 valence electrons. The fraction of sp³-hybridized carbons (Fsp3) is 0.711. The number of carbonyl (C=O) groups excluding carboxylic acids is 5. The fourth-order valence-corrected chi connectivity index (χ4v) is 6.26. The molecule has 0 fully saturated rings. The largest absolute Gasteiger partial charge is 0.445 e. The minimum atomic E-state index is -0.949. The van der Waals surface area contributed by atoms with Crippen molar-refractivity contribution in [3.8, 4) is 0 Å². The highest BCUT2D eigenvalue weighted by Gasteiger charge is 2.36. The first-order chi connectivity index (χ1) is 23.6. The Kier molecular flexibility index (Phi) is 20.2. The first-order valence-electron chi connectivity index (χ1n) is 18.6. The molecule has 0 spiro atoms. The van der Waals surface area contributed by atoms with Gasteiger partial charge in [-0.25, -0.2) is 9.59 Å². The number of alkyl carbamates (subject to hydrolysis) is 1. The molecule has 6 amide bonds. The van der Waals surface area contributed by atoms with Gasteiger partial charge in [0.05, 0.1) is 0 Å². The molecule has 0 saturated carbocycles. The lowest BCUT2D eigenvalue weighted by atomic mass is 9.80. The second-order valence-electron chi connectivity index (χ2n) is 14.5. The number of nitrogens with two attached hydrogens (primary N) is 1. The molecule has 0 aromatic heterocycles. The number of benzene rings is 1. The first kappa shape index (κ1) is 44.2. The van der Waals surface area contributed by atoms with Crippen molar-refractivity contribution >= 4 is 35.5 Å². The summed E-state index contributed by atoms with van der Waals surface area (Å²) in [5.74, 6) is -1.32. The zero-order chi connectivity index (χ0) is 37.7. The monoisotopic (exact) mass is 703 g/mol. The van der Waals surface area contributed by atoms with Gasteiger partial charge in [0.1, 0.15) is 18.7 Å². The number of amides is 6. The minimum Gasteiger partial charge on any atom is -0.445 e. The zero-order valence-electron chi connectivity index (χ0n) is 32.0. The molecule has 0 aliphatic carbocycles. The highest BCUT2D eigenvalue weighted by atomic mass is 16.5. The number of anilines is 1. The number of hydrogen-bond donors (Lipinski definition) is 6. The molecule has 1 rings (SSSR count). The van der Waals surface area contributed by atoms with Crippen LogP contribution in [0, 0.1) is 16.7 Å². The van der Waals surface area contributed by atoms with E-state index in [1.54, 1.807) is 24.3 Å². The predicted octanol–water partition coefficient (Wildman–Crippen LogP) is 6.53. The Labute approximate surface area is 300 Å². The number of unbranched alkanes of at least 4 members (excludes halogenated alkanes) is 1. The quantitative estimate of drug-likeness (QED) is 0.0667. The first-order valence-corrected chi connectivity index (χ1v) is 18.6. The number of hydrogen-bond acceptors (Lipinski definition) is 6. The Morgan fingerprint density at radius 2 is 1.40 bits per heavy atom. The molecular weight excluding hydrogens is 636 g/mol. The highest BCUT2D eigenvalue weighted by molar-refractivity contribution is 5.98. The molecule has 0 bridgehead atoms. The van der Waals surface area contributed by atoms with Crippen molar-refractivity contribution in [2.75, 3.05) is 18.4 Å². The Bertz CT molecular complexity index is 1200. The van der Waals surface area contributed by atoms with E-state index in [1.165, 1.54) is 0 Å². The summed E-state index contributed by atoms with van der Waals surface area (Å²) in [5.41, 5.74) is 5.87. The van der Waals surface area contributed by atoms with Crippen LogP contribution in [-0.4, -0.2) is 55.0 Å². The van der Waals surface area contributed by atoms with E-state index < -0.39 is 41.4 Å². The van der Waals surface area contributed by atoms with E-state index in [2.05, 4.69) is 47.4 Å². The van der Waals surface area contributed by atoms with Crippen LogP contribution in [0.25, 0.3) is 0 Å². The third-order valence-electron chi connectivity index (χ3n) is 9.23. The molecule has 3 unspecified atom stereocenters. The molecule has 7 N–H and O–H groups in total. The van der Waals surface area contributed by atoms with E-state index in [0.29, 0.717) is 31.5 Å². The number of rotatable bonds is 24. The zero-order valence-corrected chi connectivity index (χ0v) is 32.0. The van der Waals surface area contributed by atoms with Gasteiger partial charge in [0.15, 0.2) is 0 Å². The van der Waals surface area contributed by atoms with Crippen molar-refractivity contribution in [1.82, 2.24) is 21.3 Å². The van der Waals surface area contributed by atoms with E-state index in [-0.39, 0.29) is 36.8 Å². The maximum absolute atomic E-state index is 13.6. The van der Waals surface area contributed by atoms with Gasteiger partial charge in [-0.15, -0.1) is 0 Å². The van der Waals surface area contributed by atoms with Gasteiger partial charge in [-0.05, 0) is 67.6 Å². The van der Waals surface area contributed by atoms with Gasteiger partial charge >= 0.3 is 12.1 Å². The van der Waals surface area contributed by atoms with Crippen LogP contribution in [0.1, 0.15) is 132 Å². The van der Waals surface area contributed by atoms with Crippen molar-refractivity contribution < 1.29 is 28.7 Å². The summed E-state index contributed by atoms with van der Waals surface area (Å²) < 4.78 is 5.44.